The monoisotopic (exact) mass is 405 g/mol. The molecule has 0 radical (unpaired) electrons. The minimum atomic E-state index is -0.141. The Hall–Kier alpha value is -3.19. The summed E-state index contributed by atoms with van der Waals surface area (Å²) in [5, 5.41) is 6.87. The van der Waals surface area contributed by atoms with Crippen molar-refractivity contribution in [2.45, 2.75) is 19.0 Å². The smallest absolute Gasteiger partial charge is 0.244 e. The van der Waals surface area contributed by atoms with Crippen LogP contribution in [-0.4, -0.2) is 32.0 Å². The Morgan fingerprint density at radius 2 is 1.90 bits per heavy atom. The summed E-state index contributed by atoms with van der Waals surface area (Å²) in [5.41, 5.74) is 3.89. The summed E-state index contributed by atoms with van der Waals surface area (Å²) in [6.45, 7) is 2.21. The first-order valence-electron chi connectivity index (χ1n) is 9.50. The maximum absolute atomic E-state index is 12.8. The van der Waals surface area contributed by atoms with Gasteiger partial charge < -0.3 is 20.1 Å². The standard InChI is InChI=1S/C22H23N5OS/c1-15-11-12-18(26(15)2)21-20(17-10-6-7-13-23-17)25-22(29)27(21)14-19(28)24-16-8-4-3-5-9-16/h3-13,20-21H,14H2,1-2H3,(H,24,28)(H,25,29)/t20-,21-/m0/s1. The molecule has 2 atom stereocenters. The van der Waals surface area contributed by atoms with Crippen LogP contribution in [0, 0.1) is 6.92 Å². The van der Waals surface area contributed by atoms with Crippen molar-refractivity contribution in [2.75, 3.05) is 11.9 Å². The molecule has 0 bridgehead atoms. The van der Waals surface area contributed by atoms with Crippen LogP contribution in [0.4, 0.5) is 5.69 Å². The topological polar surface area (TPSA) is 62.2 Å². The minimum absolute atomic E-state index is 0.113. The third-order valence-corrected chi connectivity index (χ3v) is 5.64. The van der Waals surface area contributed by atoms with E-state index in [1.165, 1.54) is 0 Å². The normalized spacial score (nSPS) is 18.6. The number of nitrogens with zero attached hydrogens (tertiary/aromatic N) is 3. The number of anilines is 1. The zero-order chi connectivity index (χ0) is 20.4. The lowest BCUT2D eigenvalue weighted by molar-refractivity contribution is -0.116. The fourth-order valence-electron chi connectivity index (χ4n) is 3.70. The van der Waals surface area contributed by atoms with Crippen molar-refractivity contribution in [1.82, 2.24) is 19.8 Å². The van der Waals surface area contributed by atoms with E-state index in [-0.39, 0.29) is 24.5 Å². The van der Waals surface area contributed by atoms with E-state index in [1.54, 1.807) is 6.20 Å². The van der Waals surface area contributed by atoms with E-state index >= 15 is 0 Å². The van der Waals surface area contributed by atoms with Gasteiger partial charge in [0.2, 0.25) is 5.91 Å². The maximum Gasteiger partial charge on any atom is 0.244 e. The van der Waals surface area contributed by atoms with Crippen LogP contribution in [-0.2, 0) is 11.8 Å². The van der Waals surface area contributed by atoms with Gasteiger partial charge in [0.15, 0.2) is 5.11 Å². The summed E-state index contributed by atoms with van der Waals surface area (Å²) in [7, 11) is 2.03. The average Bonchev–Trinajstić information content (AvgIpc) is 3.22. The second-order valence-corrected chi connectivity index (χ2v) is 7.51. The average molecular weight is 406 g/mol. The largest absolute Gasteiger partial charge is 0.352 e. The summed E-state index contributed by atoms with van der Waals surface area (Å²) in [4.78, 5) is 19.2. The van der Waals surface area contributed by atoms with Crippen LogP contribution in [0.25, 0.3) is 0 Å². The Morgan fingerprint density at radius 3 is 2.55 bits per heavy atom. The summed E-state index contributed by atoms with van der Waals surface area (Å²) < 4.78 is 2.14. The Kier molecular flexibility index (Phi) is 5.31. The second kappa shape index (κ2) is 8.05. The number of carbonyl (C=O) groups is 1. The number of hydrogen-bond donors (Lipinski definition) is 2. The molecule has 1 amide bonds. The Balaban J connectivity index is 1.64. The first-order valence-corrected chi connectivity index (χ1v) is 9.90. The molecule has 2 N–H and O–H groups in total. The Morgan fingerprint density at radius 1 is 1.14 bits per heavy atom. The minimum Gasteiger partial charge on any atom is -0.352 e. The van der Waals surface area contributed by atoms with E-state index in [0.717, 1.165) is 22.8 Å². The fourth-order valence-corrected chi connectivity index (χ4v) is 4.01. The number of pyridine rings is 1. The first-order chi connectivity index (χ1) is 14.0. The molecule has 3 aromatic rings. The maximum atomic E-state index is 12.8. The lowest BCUT2D eigenvalue weighted by Gasteiger charge is -2.28. The predicted octanol–water partition coefficient (Wildman–Crippen LogP) is 3.34. The number of para-hydroxylation sites is 1. The van der Waals surface area contributed by atoms with E-state index in [9.17, 15) is 4.79 Å². The molecule has 148 valence electrons. The van der Waals surface area contributed by atoms with Crippen LogP contribution in [0.1, 0.15) is 29.2 Å². The number of hydrogen-bond acceptors (Lipinski definition) is 3. The molecule has 4 rings (SSSR count). The molecular weight excluding hydrogens is 382 g/mol. The van der Waals surface area contributed by atoms with Crippen molar-refractivity contribution in [3.05, 3.63) is 83.9 Å². The number of aryl methyl sites for hydroxylation is 1. The van der Waals surface area contributed by atoms with Crippen LogP contribution in [0.15, 0.2) is 66.9 Å². The van der Waals surface area contributed by atoms with Crippen molar-refractivity contribution in [1.29, 1.82) is 0 Å². The molecular formula is C22H23N5OS. The molecule has 1 aliphatic rings. The van der Waals surface area contributed by atoms with E-state index in [0.29, 0.717) is 5.11 Å². The molecule has 29 heavy (non-hydrogen) atoms. The summed E-state index contributed by atoms with van der Waals surface area (Å²) in [6.07, 6.45) is 1.78. The van der Waals surface area contributed by atoms with Gasteiger partial charge in [-0.3, -0.25) is 9.78 Å². The highest BCUT2D eigenvalue weighted by atomic mass is 32.1. The zero-order valence-electron chi connectivity index (χ0n) is 16.4. The Labute approximate surface area is 175 Å². The van der Waals surface area contributed by atoms with Crippen LogP contribution in [0.5, 0.6) is 0 Å². The fraction of sp³-hybridized carbons (Fsp3) is 0.227. The second-order valence-electron chi connectivity index (χ2n) is 7.13. The number of amides is 1. The third kappa shape index (κ3) is 3.86. The van der Waals surface area contributed by atoms with E-state index < -0.39 is 0 Å². The molecule has 7 heteroatoms. The molecule has 2 aromatic heterocycles. The van der Waals surface area contributed by atoms with E-state index in [4.69, 9.17) is 12.2 Å². The lowest BCUT2D eigenvalue weighted by atomic mass is 10.0. The summed E-state index contributed by atoms with van der Waals surface area (Å²) in [5.74, 6) is -0.113. The van der Waals surface area contributed by atoms with Crippen LogP contribution < -0.4 is 10.6 Å². The van der Waals surface area contributed by atoms with E-state index in [1.807, 2.05) is 60.5 Å². The van der Waals surface area contributed by atoms with Gasteiger partial charge in [0, 0.05) is 30.3 Å². The summed E-state index contributed by atoms with van der Waals surface area (Å²) >= 11 is 5.63. The van der Waals surface area contributed by atoms with Crippen molar-refractivity contribution in [3.63, 3.8) is 0 Å². The Bertz CT molecular complexity index is 1020. The molecule has 0 unspecified atom stereocenters. The molecule has 0 spiro atoms. The predicted molar refractivity (Wildman–Crippen MR) is 117 cm³/mol. The van der Waals surface area contributed by atoms with Crippen molar-refractivity contribution in [2.24, 2.45) is 7.05 Å². The molecule has 6 nitrogen and oxygen atoms in total. The highest BCUT2D eigenvalue weighted by Gasteiger charge is 2.41. The van der Waals surface area contributed by atoms with Crippen molar-refractivity contribution in [3.8, 4) is 0 Å². The lowest BCUT2D eigenvalue weighted by Crippen LogP contribution is -2.37. The molecule has 1 aromatic carbocycles. The molecule has 1 fully saturated rings. The van der Waals surface area contributed by atoms with Gasteiger partial charge >= 0.3 is 0 Å². The molecule has 0 aliphatic carbocycles. The van der Waals surface area contributed by atoms with E-state index in [2.05, 4.69) is 39.2 Å². The molecule has 3 heterocycles. The van der Waals surface area contributed by atoms with Gasteiger partial charge in [-0.05, 0) is 55.5 Å². The molecule has 0 saturated carbocycles. The van der Waals surface area contributed by atoms with Crippen LogP contribution in [0.3, 0.4) is 0 Å². The van der Waals surface area contributed by atoms with Crippen molar-refractivity contribution < 1.29 is 4.79 Å². The van der Waals surface area contributed by atoms with Crippen molar-refractivity contribution >= 4 is 28.9 Å². The summed E-state index contributed by atoms with van der Waals surface area (Å²) in [6, 6.07) is 19.2. The number of nitrogens with one attached hydrogen (secondary N) is 2. The quantitative estimate of drug-likeness (QED) is 0.638. The number of benzene rings is 1. The van der Waals surface area contributed by atoms with Crippen LogP contribution in [0.2, 0.25) is 0 Å². The van der Waals surface area contributed by atoms with Gasteiger partial charge in [0.1, 0.15) is 6.54 Å². The molecule has 1 saturated heterocycles. The number of rotatable bonds is 5. The van der Waals surface area contributed by atoms with Gasteiger partial charge in [-0.2, -0.15) is 0 Å². The van der Waals surface area contributed by atoms with Gasteiger partial charge in [0.05, 0.1) is 17.8 Å². The highest BCUT2D eigenvalue weighted by Crippen LogP contribution is 2.38. The van der Waals surface area contributed by atoms with Gasteiger partial charge in [-0.1, -0.05) is 24.3 Å². The van der Waals surface area contributed by atoms with Gasteiger partial charge in [-0.25, -0.2) is 0 Å². The molecule has 1 aliphatic heterocycles. The third-order valence-electron chi connectivity index (χ3n) is 5.28. The number of thiocarbonyl (C=S) groups is 1. The first kappa shape index (κ1) is 19.1. The SMILES string of the molecule is Cc1ccc([C@H]2[C@H](c3ccccn3)NC(=S)N2CC(=O)Nc2ccccc2)n1C. The number of carbonyl (C=O) groups excluding carboxylic acids is 1. The van der Waals surface area contributed by atoms with Gasteiger partial charge in [0.25, 0.3) is 0 Å². The highest BCUT2D eigenvalue weighted by molar-refractivity contribution is 7.80. The number of aromatic nitrogens is 2. The zero-order valence-corrected chi connectivity index (χ0v) is 17.2. The van der Waals surface area contributed by atoms with Gasteiger partial charge in [-0.15, -0.1) is 0 Å². The van der Waals surface area contributed by atoms with Crippen LogP contribution >= 0.6 is 12.2 Å².